The fraction of sp³-hybridized carbons (Fsp3) is 0.588. The van der Waals surface area contributed by atoms with Crippen molar-refractivity contribution in [1.29, 1.82) is 0 Å². The molecule has 2 fully saturated rings. The van der Waals surface area contributed by atoms with Gasteiger partial charge < -0.3 is 15.0 Å². The van der Waals surface area contributed by atoms with Crippen LogP contribution in [0.5, 0.6) is 0 Å². The number of hydrogen-bond acceptors (Lipinski definition) is 3. The van der Waals surface area contributed by atoms with Crippen LogP contribution in [-0.4, -0.2) is 49.7 Å². The van der Waals surface area contributed by atoms with Crippen molar-refractivity contribution in [2.75, 3.05) is 32.8 Å². The Morgan fingerprint density at radius 2 is 1.95 bits per heavy atom. The Kier molecular flexibility index (Phi) is 4.88. The largest absolute Gasteiger partial charge is 0.368 e. The lowest BCUT2D eigenvalue weighted by Gasteiger charge is -2.24. The van der Waals surface area contributed by atoms with Crippen molar-refractivity contribution in [3.63, 3.8) is 0 Å². The van der Waals surface area contributed by atoms with Crippen LogP contribution in [0.2, 0.25) is 0 Å². The number of nitrogens with zero attached hydrogens (tertiary/aromatic N) is 1. The Morgan fingerprint density at radius 1 is 1.19 bits per heavy atom. The van der Waals surface area contributed by atoms with Crippen LogP contribution >= 0.6 is 0 Å². The number of hydrogen-bond donors (Lipinski definition) is 1. The van der Waals surface area contributed by atoms with Crippen molar-refractivity contribution in [2.45, 2.75) is 31.3 Å². The van der Waals surface area contributed by atoms with E-state index in [1.54, 1.807) is 0 Å². The summed E-state index contributed by atoms with van der Waals surface area (Å²) in [5.74, 6) is 0.626. The summed E-state index contributed by atoms with van der Waals surface area (Å²) >= 11 is 0. The van der Waals surface area contributed by atoms with Crippen LogP contribution in [0.25, 0.3) is 0 Å². The molecule has 1 aromatic rings. The molecule has 0 saturated carbocycles. The highest BCUT2D eigenvalue weighted by Crippen LogP contribution is 2.26. The molecular formula is C17H24N2O2. The second-order valence-electron chi connectivity index (χ2n) is 6.00. The molecule has 21 heavy (non-hydrogen) atoms. The first-order chi connectivity index (χ1) is 10.3. The van der Waals surface area contributed by atoms with Crippen molar-refractivity contribution in [1.82, 2.24) is 10.2 Å². The molecule has 1 atom stereocenters. The molecule has 2 aliphatic rings. The molecule has 0 bridgehead atoms. The Bertz CT molecular complexity index is 457. The molecule has 0 aliphatic carbocycles. The summed E-state index contributed by atoms with van der Waals surface area (Å²) in [5.41, 5.74) is 1.34. The van der Waals surface area contributed by atoms with Gasteiger partial charge in [-0.25, -0.2) is 0 Å². The van der Waals surface area contributed by atoms with Gasteiger partial charge in [-0.15, -0.1) is 0 Å². The average molecular weight is 288 g/mol. The number of benzene rings is 1. The summed E-state index contributed by atoms with van der Waals surface area (Å²) < 4.78 is 5.77. The zero-order valence-corrected chi connectivity index (χ0v) is 12.5. The molecule has 4 nitrogen and oxygen atoms in total. The van der Waals surface area contributed by atoms with Crippen molar-refractivity contribution >= 4 is 5.91 Å². The van der Waals surface area contributed by atoms with Crippen LogP contribution in [-0.2, 0) is 9.53 Å². The maximum Gasteiger partial charge on any atom is 0.248 e. The summed E-state index contributed by atoms with van der Waals surface area (Å²) in [6, 6.07) is 10.5. The molecule has 2 heterocycles. The number of amides is 1. The molecule has 1 N–H and O–H groups in total. The first-order valence-corrected chi connectivity index (χ1v) is 7.98. The van der Waals surface area contributed by atoms with Gasteiger partial charge in [-0.2, -0.15) is 0 Å². The summed E-state index contributed by atoms with van der Waals surface area (Å²) in [6.45, 7) is 3.93. The number of nitrogens with one attached hydrogen (secondary N) is 1. The molecule has 3 rings (SSSR count). The van der Waals surface area contributed by atoms with Gasteiger partial charge in [-0.3, -0.25) is 4.79 Å². The number of ether oxygens (including phenoxy) is 1. The van der Waals surface area contributed by atoms with Crippen molar-refractivity contribution < 1.29 is 9.53 Å². The molecule has 1 aromatic carbocycles. The Balaban J connectivity index is 1.46. The maximum absolute atomic E-state index is 12.3. The van der Waals surface area contributed by atoms with Crippen LogP contribution in [0, 0.1) is 0 Å². The van der Waals surface area contributed by atoms with Gasteiger partial charge in [0.1, 0.15) is 6.61 Å². The van der Waals surface area contributed by atoms with Gasteiger partial charge in [0.05, 0.1) is 6.10 Å². The fourth-order valence-corrected chi connectivity index (χ4v) is 3.23. The Labute approximate surface area is 126 Å². The summed E-state index contributed by atoms with van der Waals surface area (Å²) in [5, 5.41) is 3.31. The average Bonchev–Trinajstić information content (AvgIpc) is 3.04. The summed E-state index contributed by atoms with van der Waals surface area (Å²) in [7, 11) is 0. The molecular weight excluding hydrogens is 264 g/mol. The van der Waals surface area contributed by atoms with Crippen LogP contribution < -0.4 is 5.32 Å². The topological polar surface area (TPSA) is 41.6 Å². The van der Waals surface area contributed by atoms with Crippen molar-refractivity contribution in [3.05, 3.63) is 35.9 Å². The first kappa shape index (κ1) is 14.5. The maximum atomic E-state index is 12.3. The second-order valence-corrected chi connectivity index (χ2v) is 6.00. The number of carbonyl (C=O) groups is 1. The van der Waals surface area contributed by atoms with Crippen molar-refractivity contribution in [2.24, 2.45) is 0 Å². The number of piperidine rings is 1. The minimum atomic E-state index is 0.145. The molecule has 2 saturated heterocycles. The smallest absolute Gasteiger partial charge is 0.248 e. The highest BCUT2D eigenvalue weighted by atomic mass is 16.5. The Morgan fingerprint density at radius 3 is 2.71 bits per heavy atom. The standard InChI is InChI=1S/C17H24N2O2/c20-17(13-21-16-6-9-18-10-7-16)19-11-8-15(12-19)14-4-2-1-3-5-14/h1-5,15-16,18H,6-13H2. The van der Waals surface area contributed by atoms with E-state index in [-0.39, 0.29) is 18.6 Å². The zero-order valence-electron chi connectivity index (χ0n) is 12.5. The van der Waals surface area contributed by atoms with E-state index >= 15 is 0 Å². The van der Waals surface area contributed by atoms with Gasteiger partial charge in [0, 0.05) is 19.0 Å². The predicted molar refractivity (Wildman–Crippen MR) is 82.2 cm³/mol. The van der Waals surface area contributed by atoms with Gasteiger partial charge in [-0.05, 0) is 37.9 Å². The van der Waals surface area contributed by atoms with Gasteiger partial charge >= 0.3 is 0 Å². The van der Waals surface area contributed by atoms with E-state index < -0.39 is 0 Å². The van der Waals surface area contributed by atoms with Crippen LogP contribution in [0.1, 0.15) is 30.7 Å². The molecule has 4 heteroatoms. The van der Waals surface area contributed by atoms with E-state index in [1.807, 2.05) is 11.0 Å². The lowest BCUT2D eigenvalue weighted by molar-refractivity contribution is -0.137. The fourth-order valence-electron chi connectivity index (χ4n) is 3.23. The molecule has 2 aliphatic heterocycles. The second kappa shape index (κ2) is 7.05. The summed E-state index contributed by atoms with van der Waals surface area (Å²) in [6.07, 6.45) is 3.34. The SMILES string of the molecule is O=C(COC1CCNCC1)N1CCC(c2ccccc2)C1. The van der Waals surface area contributed by atoms with Crippen LogP contribution in [0.15, 0.2) is 30.3 Å². The Hall–Kier alpha value is -1.39. The van der Waals surface area contributed by atoms with Gasteiger partial charge in [0.15, 0.2) is 0 Å². The third kappa shape index (κ3) is 3.83. The van der Waals surface area contributed by atoms with Crippen LogP contribution in [0.4, 0.5) is 0 Å². The number of carbonyl (C=O) groups excluding carboxylic acids is 1. The first-order valence-electron chi connectivity index (χ1n) is 7.98. The van der Waals surface area contributed by atoms with Gasteiger partial charge in [0.2, 0.25) is 5.91 Å². The quantitative estimate of drug-likeness (QED) is 0.918. The van der Waals surface area contributed by atoms with E-state index in [2.05, 4.69) is 29.6 Å². The number of likely N-dealkylation sites (tertiary alicyclic amines) is 1. The van der Waals surface area contributed by atoms with E-state index in [0.717, 1.165) is 45.4 Å². The lowest BCUT2D eigenvalue weighted by atomic mass is 9.99. The summed E-state index contributed by atoms with van der Waals surface area (Å²) in [4.78, 5) is 14.2. The number of rotatable bonds is 4. The van der Waals surface area contributed by atoms with Crippen molar-refractivity contribution in [3.8, 4) is 0 Å². The predicted octanol–water partition coefficient (Wildman–Crippen LogP) is 1.77. The third-order valence-electron chi connectivity index (χ3n) is 4.54. The molecule has 114 valence electrons. The molecule has 1 unspecified atom stereocenters. The van der Waals surface area contributed by atoms with E-state index in [1.165, 1.54) is 5.56 Å². The molecule has 0 spiro atoms. The highest BCUT2D eigenvalue weighted by molar-refractivity contribution is 5.77. The van der Waals surface area contributed by atoms with E-state index in [0.29, 0.717) is 5.92 Å². The minimum Gasteiger partial charge on any atom is -0.368 e. The molecule has 0 aromatic heterocycles. The minimum absolute atomic E-state index is 0.145. The van der Waals surface area contributed by atoms with Crippen LogP contribution in [0.3, 0.4) is 0 Å². The lowest BCUT2D eigenvalue weighted by Crippen LogP contribution is -2.37. The molecule has 1 amide bonds. The van der Waals surface area contributed by atoms with E-state index in [4.69, 9.17) is 4.74 Å². The normalized spacial score (nSPS) is 23.4. The highest BCUT2D eigenvalue weighted by Gasteiger charge is 2.27. The third-order valence-corrected chi connectivity index (χ3v) is 4.54. The zero-order chi connectivity index (χ0) is 14.5. The van der Waals surface area contributed by atoms with Gasteiger partial charge in [0.25, 0.3) is 0 Å². The van der Waals surface area contributed by atoms with Gasteiger partial charge in [-0.1, -0.05) is 30.3 Å². The monoisotopic (exact) mass is 288 g/mol. The van der Waals surface area contributed by atoms with E-state index in [9.17, 15) is 4.79 Å². The molecule has 0 radical (unpaired) electrons.